The number of hydrogen-bond donors (Lipinski definition) is 2. The second-order valence-corrected chi connectivity index (χ2v) is 7.02. The Hall–Kier alpha value is -1.50. The Labute approximate surface area is 151 Å². The van der Waals surface area contributed by atoms with E-state index in [0.29, 0.717) is 17.1 Å². The monoisotopic (exact) mass is 369 g/mol. The molecule has 0 spiro atoms. The summed E-state index contributed by atoms with van der Waals surface area (Å²) in [5.41, 5.74) is 1.56. The molecule has 1 aliphatic heterocycles. The van der Waals surface area contributed by atoms with Crippen LogP contribution in [0.1, 0.15) is 28.8 Å². The molecule has 130 valence electrons. The Morgan fingerprint density at radius 2 is 2.17 bits per heavy atom. The summed E-state index contributed by atoms with van der Waals surface area (Å²) in [6, 6.07) is 5.26. The SMILES string of the molecule is Cc1ccc(Cc2cnc(NC(=O)C3CCNCC3)s2)cc1F.Cl. The van der Waals surface area contributed by atoms with Gasteiger partial charge in [-0.1, -0.05) is 12.1 Å². The van der Waals surface area contributed by atoms with Crippen LogP contribution in [0.25, 0.3) is 0 Å². The lowest BCUT2D eigenvalue weighted by Crippen LogP contribution is -2.34. The van der Waals surface area contributed by atoms with E-state index < -0.39 is 0 Å². The molecule has 1 aliphatic rings. The predicted molar refractivity (Wildman–Crippen MR) is 97.5 cm³/mol. The van der Waals surface area contributed by atoms with Crippen molar-refractivity contribution in [2.45, 2.75) is 26.2 Å². The van der Waals surface area contributed by atoms with Crippen molar-refractivity contribution >= 4 is 34.8 Å². The van der Waals surface area contributed by atoms with Gasteiger partial charge in [-0.3, -0.25) is 4.79 Å². The van der Waals surface area contributed by atoms with Crippen LogP contribution >= 0.6 is 23.7 Å². The first-order valence-electron chi connectivity index (χ1n) is 7.83. The Balaban J connectivity index is 0.00000208. The van der Waals surface area contributed by atoms with E-state index in [9.17, 15) is 9.18 Å². The third-order valence-corrected chi connectivity index (χ3v) is 5.02. The normalized spacial score (nSPS) is 14.9. The highest BCUT2D eigenvalue weighted by Gasteiger charge is 2.21. The Morgan fingerprint density at radius 1 is 1.42 bits per heavy atom. The molecule has 2 N–H and O–H groups in total. The lowest BCUT2D eigenvalue weighted by atomic mass is 9.97. The molecule has 1 aromatic carbocycles. The Bertz CT molecular complexity index is 701. The van der Waals surface area contributed by atoms with Crippen LogP contribution in [0.2, 0.25) is 0 Å². The summed E-state index contributed by atoms with van der Waals surface area (Å²) in [6.07, 6.45) is 4.11. The summed E-state index contributed by atoms with van der Waals surface area (Å²) in [5, 5.41) is 6.78. The van der Waals surface area contributed by atoms with Gasteiger partial charge in [0.05, 0.1) is 0 Å². The highest BCUT2D eigenvalue weighted by Crippen LogP contribution is 2.23. The van der Waals surface area contributed by atoms with Crippen LogP contribution in [0.3, 0.4) is 0 Å². The van der Waals surface area contributed by atoms with Crippen molar-refractivity contribution in [3.63, 3.8) is 0 Å². The van der Waals surface area contributed by atoms with Gasteiger partial charge in [0.2, 0.25) is 5.91 Å². The largest absolute Gasteiger partial charge is 0.317 e. The van der Waals surface area contributed by atoms with Gasteiger partial charge in [0.25, 0.3) is 0 Å². The number of nitrogens with one attached hydrogen (secondary N) is 2. The lowest BCUT2D eigenvalue weighted by Gasteiger charge is -2.20. The fourth-order valence-corrected chi connectivity index (χ4v) is 3.54. The smallest absolute Gasteiger partial charge is 0.229 e. The zero-order valence-corrected chi connectivity index (χ0v) is 15.1. The Kier molecular flexibility index (Phi) is 6.71. The van der Waals surface area contributed by atoms with Gasteiger partial charge in [-0.05, 0) is 50.0 Å². The molecule has 0 unspecified atom stereocenters. The summed E-state index contributed by atoms with van der Waals surface area (Å²) in [6.45, 7) is 3.53. The maximum Gasteiger partial charge on any atom is 0.229 e. The summed E-state index contributed by atoms with van der Waals surface area (Å²) in [4.78, 5) is 17.5. The zero-order valence-electron chi connectivity index (χ0n) is 13.5. The van der Waals surface area contributed by atoms with Gasteiger partial charge in [0.1, 0.15) is 5.82 Å². The third-order valence-electron chi connectivity index (χ3n) is 4.11. The van der Waals surface area contributed by atoms with Crippen LogP contribution < -0.4 is 10.6 Å². The molecule has 1 fully saturated rings. The fraction of sp³-hybridized carbons (Fsp3) is 0.412. The maximum atomic E-state index is 13.6. The number of nitrogens with zero attached hydrogens (tertiary/aromatic N) is 1. The topological polar surface area (TPSA) is 54.0 Å². The fourth-order valence-electron chi connectivity index (χ4n) is 2.69. The number of benzene rings is 1. The van der Waals surface area contributed by atoms with Crippen LogP contribution in [0, 0.1) is 18.7 Å². The molecule has 4 nitrogen and oxygen atoms in total. The standard InChI is InChI=1S/C17H20FN3OS.ClH/c1-11-2-3-12(9-15(11)18)8-14-10-20-17(23-14)21-16(22)13-4-6-19-7-5-13;/h2-3,9-10,13,19H,4-8H2,1H3,(H,20,21,22);1H. The number of carbonyl (C=O) groups excluding carboxylic acids is 1. The van der Waals surface area contributed by atoms with Gasteiger partial charge in [-0.2, -0.15) is 0 Å². The van der Waals surface area contributed by atoms with Gasteiger partial charge >= 0.3 is 0 Å². The van der Waals surface area contributed by atoms with E-state index >= 15 is 0 Å². The first-order valence-corrected chi connectivity index (χ1v) is 8.65. The minimum atomic E-state index is -0.188. The first-order chi connectivity index (χ1) is 11.1. The lowest BCUT2D eigenvalue weighted by molar-refractivity contribution is -0.120. The number of anilines is 1. The second-order valence-electron chi connectivity index (χ2n) is 5.91. The molecule has 0 atom stereocenters. The third kappa shape index (κ3) is 4.75. The average Bonchev–Trinajstić information content (AvgIpc) is 2.99. The number of halogens is 2. The molecule has 7 heteroatoms. The van der Waals surface area contributed by atoms with Crippen molar-refractivity contribution in [2.75, 3.05) is 18.4 Å². The van der Waals surface area contributed by atoms with Crippen molar-refractivity contribution in [1.82, 2.24) is 10.3 Å². The van der Waals surface area contributed by atoms with Gasteiger partial charge in [0, 0.05) is 23.4 Å². The van der Waals surface area contributed by atoms with Crippen LogP contribution in [-0.2, 0) is 11.2 Å². The summed E-state index contributed by atoms with van der Waals surface area (Å²) < 4.78 is 13.6. The van der Waals surface area contributed by atoms with E-state index in [4.69, 9.17) is 0 Å². The molecule has 1 saturated heterocycles. The van der Waals surface area contributed by atoms with Crippen LogP contribution in [0.15, 0.2) is 24.4 Å². The van der Waals surface area contributed by atoms with E-state index in [1.807, 2.05) is 6.07 Å². The number of amides is 1. The van der Waals surface area contributed by atoms with E-state index in [1.54, 1.807) is 25.3 Å². The molecule has 2 aromatic rings. The van der Waals surface area contributed by atoms with Crippen LogP contribution in [-0.4, -0.2) is 24.0 Å². The summed E-state index contributed by atoms with van der Waals surface area (Å²) >= 11 is 1.45. The van der Waals surface area contributed by atoms with Gasteiger partial charge in [-0.15, -0.1) is 23.7 Å². The minimum Gasteiger partial charge on any atom is -0.317 e. The molecule has 0 radical (unpaired) electrons. The number of piperidine rings is 1. The minimum absolute atomic E-state index is 0. The van der Waals surface area contributed by atoms with Crippen LogP contribution in [0.5, 0.6) is 0 Å². The number of hydrogen-bond acceptors (Lipinski definition) is 4. The average molecular weight is 370 g/mol. The van der Waals surface area contributed by atoms with E-state index in [1.165, 1.54) is 11.3 Å². The molecule has 1 aromatic heterocycles. The molecule has 0 saturated carbocycles. The first kappa shape index (κ1) is 18.8. The van der Waals surface area contributed by atoms with Crippen molar-refractivity contribution in [3.8, 4) is 0 Å². The van der Waals surface area contributed by atoms with Crippen molar-refractivity contribution in [3.05, 3.63) is 46.2 Å². The number of aromatic nitrogens is 1. The number of thiazole rings is 1. The number of rotatable bonds is 4. The van der Waals surface area contributed by atoms with Crippen molar-refractivity contribution < 1.29 is 9.18 Å². The molecule has 2 heterocycles. The quantitative estimate of drug-likeness (QED) is 0.866. The highest BCUT2D eigenvalue weighted by atomic mass is 35.5. The molecule has 1 amide bonds. The van der Waals surface area contributed by atoms with E-state index in [2.05, 4.69) is 15.6 Å². The van der Waals surface area contributed by atoms with E-state index in [-0.39, 0.29) is 30.0 Å². The van der Waals surface area contributed by atoms with Crippen molar-refractivity contribution in [1.29, 1.82) is 0 Å². The maximum absolute atomic E-state index is 13.6. The highest BCUT2D eigenvalue weighted by molar-refractivity contribution is 7.15. The molecule has 3 rings (SSSR count). The molecule has 0 aliphatic carbocycles. The van der Waals surface area contributed by atoms with Crippen LogP contribution in [0.4, 0.5) is 9.52 Å². The molecule has 24 heavy (non-hydrogen) atoms. The van der Waals surface area contributed by atoms with E-state index in [0.717, 1.165) is 36.4 Å². The molecular weight excluding hydrogens is 349 g/mol. The zero-order chi connectivity index (χ0) is 16.2. The molecular formula is C17H21ClFN3OS. The number of carbonyl (C=O) groups is 1. The summed E-state index contributed by atoms with van der Waals surface area (Å²) in [5.74, 6) is -0.0741. The number of aryl methyl sites for hydroxylation is 1. The summed E-state index contributed by atoms with van der Waals surface area (Å²) in [7, 11) is 0. The van der Waals surface area contributed by atoms with Crippen molar-refractivity contribution in [2.24, 2.45) is 5.92 Å². The van der Waals surface area contributed by atoms with Gasteiger partial charge < -0.3 is 10.6 Å². The Morgan fingerprint density at radius 3 is 2.88 bits per heavy atom. The van der Waals surface area contributed by atoms with Gasteiger partial charge in [-0.25, -0.2) is 9.37 Å². The van der Waals surface area contributed by atoms with Gasteiger partial charge in [0.15, 0.2) is 5.13 Å². The second kappa shape index (κ2) is 8.55. The predicted octanol–water partition coefficient (Wildman–Crippen LogP) is 3.54. The molecule has 0 bridgehead atoms.